The Bertz CT molecular complexity index is 1600. The molecule has 1 amide bonds. The van der Waals surface area contributed by atoms with E-state index < -0.39 is 5.54 Å². The average molecular weight is 541 g/mol. The van der Waals surface area contributed by atoms with E-state index in [1.54, 1.807) is 12.4 Å². The fraction of sp³-hybridized carbons (Fsp3) is 0.333. The van der Waals surface area contributed by atoms with Crippen molar-refractivity contribution in [1.82, 2.24) is 20.2 Å². The fourth-order valence-electron chi connectivity index (χ4n) is 5.50. The summed E-state index contributed by atoms with van der Waals surface area (Å²) >= 11 is 0. The third-order valence-electron chi connectivity index (χ3n) is 8.09. The van der Waals surface area contributed by atoms with Gasteiger partial charge in [-0.25, -0.2) is 4.98 Å². The summed E-state index contributed by atoms with van der Waals surface area (Å²) in [6.45, 7) is 4.48. The van der Waals surface area contributed by atoms with Gasteiger partial charge in [0.1, 0.15) is 5.75 Å². The topological polar surface area (TPSA) is 97.6 Å². The Morgan fingerprint density at radius 3 is 2.69 bits per heavy atom. The van der Waals surface area contributed by atoms with Gasteiger partial charge < -0.3 is 19.4 Å². The highest BCUT2D eigenvalue weighted by Crippen LogP contribution is 2.49. The van der Waals surface area contributed by atoms with Crippen LogP contribution in [0.25, 0.3) is 22.2 Å². The zero-order valence-corrected chi connectivity index (χ0v) is 24.7. The van der Waals surface area contributed by atoms with E-state index in [4.69, 9.17) is 9.15 Å². The van der Waals surface area contributed by atoms with Crippen LogP contribution in [0.1, 0.15) is 58.4 Å². The molecule has 1 saturated heterocycles. The molecule has 39 heavy (non-hydrogen) atoms. The van der Waals surface area contributed by atoms with E-state index in [1.165, 1.54) is 6.92 Å². The van der Waals surface area contributed by atoms with E-state index in [0.29, 0.717) is 17.4 Å². The Morgan fingerprint density at radius 2 is 2.03 bits per heavy atom. The number of amides is 1. The van der Waals surface area contributed by atoms with Crippen molar-refractivity contribution in [1.29, 1.82) is 0 Å². The summed E-state index contributed by atoms with van der Waals surface area (Å²) in [5.74, 6) is 0.942. The monoisotopic (exact) mass is 540 g/mol. The van der Waals surface area contributed by atoms with Crippen molar-refractivity contribution in [3.8, 4) is 17.1 Å². The number of Topliss-reactive ketones (excluding diaryl/α,β-unsaturated/α-hetero) is 1. The maximum Gasteiger partial charge on any atom is 0.263 e. The van der Waals surface area contributed by atoms with Crippen LogP contribution in [0.2, 0.25) is 0 Å². The molecule has 0 unspecified atom stereocenters. The van der Waals surface area contributed by atoms with E-state index in [-0.39, 0.29) is 23.3 Å². The molecule has 8 nitrogen and oxygen atoms in total. The molecule has 1 saturated carbocycles. The normalized spacial score (nSPS) is 18.9. The van der Waals surface area contributed by atoms with Gasteiger partial charge in [-0.05, 0) is 81.2 Å². The number of hydrogen-bond donors (Lipinski definition) is 1. The number of nitrogens with one attached hydrogen (secondary N) is 1. The molecule has 9 heteroatoms. The summed E-state index contributed by atoms with van der Waals surface area (Å²) in [6.07, 6.45) is 6.08. The van der Waals surface area contributed by atoms with Crippen LogP contribution in [-0.2, 0) is 5.54 Å². The third-order valence-corrected chi connectivity index (χ3v) is 9.10. The number of ether oxygens (including phenoxy) is 1. The molecule has 6 rings (SSSR count). The van der Waals surface area contributed by atoms with Crippen LogP contribution in [0.4, 0.5) is 0 Å². The van der Waals surface area contributed by atoms with E-state index in [1.807, 2.05) is 49.4 Å². The van der Waals surface area contributed by atoms with Gasteiger partial charge in [-0.3, -0.25) is 14.6 Å². The van der Waals surface area contributed by atoms with Crippen molar-refractivity contribution in [2.45, 2.75) is 50.4 Å². The predicted octanol–water partition coefficient (Wildman–Crippen LogP) is 3.59. The summed E-state index contributed by atoms with van der Waals surface area (Å²) in [4.78, 5) is 36.5. The number of ketones is 1. The molecule has 0 spiro atoms. The lowest BCUT2D eigenvalue weighted by atomic mass is 9.95. The Labute approximate surface area is 230 Å². The molecule has 1 aliphatic heterocycles. The lowest BCUT2D eigenvalue weighted by Gasteiger charge is -2.41. The number of benzene rings is 2. The first-order chi connectivity index (χ1) is 18.7. The van der Waals surface area contributed by atoms with E-state index in [0.717, 1.165) is 69.4 Å². The number of aryl methyl sites for hydroxylation is 1. The van der Waals surface area contributed by atoms with Crippen molar-refractivity contribution < 1.29 is 18.7 Å². The number of rotatable bonds is 8. The standard InChI is InChI=1S/C30H32N4O4Si/c1-17-6-7-20(37-29(39)25-8-12-34(25)3)15-22(17)27(36)33-30(9-10-30)23-13-19(14-24-21(23)5-4-11-31-24)26-16-32-28(38-26)18(2)35/h4-7,11,13-16,25,29H,8-10,12H2,1-3,39H3,(H,33,36)/t25-,29-/m0/s1. The second-order valence-corrected chi connectivity index (χ2v) is 12.0. The number of pyridine rings is 1. The number of nitrogens with zero attached hydrogens (tertiary/aromatic N) is 3. The zero-order chi connectivity index (χ0) is 27.3. The first-order valence-corrected chi connectivity index (χ1v) is 14.6. The maximum absolute atomic E-state index is 13.7. The second-order valence-electron chi connectivity index (χ2n) is 10.9. The van der Waals surface area contributed by atoms with Gasteiger partial charge in [0.15, 0.2) is 5.76 Å². The molecular formula is C30H32N4O4Si. The Balaban J connectivity index is 1.31. The average Bonchev–Trinajstić information content (AvgIpc) is 3.50. The predicted molar refractivity (Wildman–Crippen MR) is 152 cm³/mol. The van der Waals surface area contributed by atoms with Crippen molar-refractivity contribution in [3.63, 3.8) is 0 Å². The van der Waals surface area contributed by atoms with Gasteiger partial charge in [0, 0.05) is 35.7 Å². The summed E-state index contributed by atoms with van der Waals surface area (Å²) in [6, 6.07) is 14.1. The van der Waals surface area contributed by atoms with Gasteiger partial charge in [-0.1, -0.05) is 12.1 Å². The quantitative estimate of drug-likeness (QED) is 0.269. The van der Waals surface area contributed by atoms with Crippen molar-refractivity contribution in [2.75, 3.05) is 13.6 Å². The minimum Gasteiger partial charge on any atom is -0.494 e. The Kier molecular flexibility index (Phi) is 6.35. The van der Waals surface area contributed by atoms with Crippen LogP contribution in [0.15, 0.2) is 59.3 Å². The Morgan fingerprint density at radius 1 is 1.21 bits per heavy atom. The van der Waals surface area contributed by atoms with E-state index in [9.17, 15) is 9.59 Å². The molecule has 0 bridgehead atoms. The molecule has 2 aliphatic rings. The number of carbonyl (C=O) groups excluding carboxylic acids is 2. The first kappa shape index (κ1) is 25.5. The number of oxazole rings is 1. The minimum absolute atomic E-state index is 0.0700. The van der Waals surface area contributed by atoms with Gasteiger partial charge >= 0.3 is 0 Å². The summed E-state index contributed by atoms with van der Waals surface area (Å²) in [7, 11) is 3.04. The van der Waals surface area contributed by atoms with Crippen LogP contribution >= 0.6 is 0 Å². The van der Waals surface area contributed by atoms with Gasteiger partial charge in [-0.15, -0.1) is 0 Å². The van der Waals surface area contributed by atoms with E-state index >= 15 is 0 Å². The van der Waals surface area contributed by atoms with Crippen LogP contribution in [0.3, 0.4) is 0 Å². The van der Waals surface area contributed by atoms with Crippen LogP contribution in [-0.4, -0.2) is 62.2 Å². The molecular weight excluding hydrogens is 508 g/mol. The molecule has 200 valence electrons. The highest BCUT2D eigenvalue weighted by Gasteiger charge is 2.47. The molecule has 1 aliphatic carbocycles. The van der Waals surface area contributed by atoms with E-state index in [2.05, 4.69) is 27.2 Å². The fourth-order valence-corrected chi connectivity index (χ4v) is 6.62. The lowest BCUT2D eigenvalue weighted by Crippen LogP contribution is -2.53. The highest BCUT2D eigenvalue weighted by molar-refractivity contribution is 6.11. The number of hydrogen-bond acceptors (Lipinski definition) is 7. The number of aromatic nitrogens is 2. The SMILES string of the molecule is CC(=O)c1ncc(-c2cc(C3(NC(=O)c4cc(O[C@@H]([SiH3])[C@@H]5CCN5C)ccc4C)CC3)c3cccnc3c2)o1. The molecule has 2 fully saturated rings. The van der Waals surface area contributed by atoms with Crippen molar-refractivity contribution in [3.05, 3.63) is 77.4 Å². The molecule has 4 aromatic rings. The summed E-state index contributed by atoms with van der Waals surface area (Å²) in [5.41, 5.74) is 3.72. The smallest absolute Gasteiger partial charge is 0.263 e. The third kappa shape index (κ3) is 4.76. The highest BCUT2D eigenvalue weighted by atomic mass is 28.1. The lowest BCUT2D eigenvalue weighted by molar-refractivity contribution is 0.0562. The molecule has 3 heterocycles. The van der Waals surface area contributed by atoms with Gasteiger partial charge in [-0.2, -0.15) is 0 Å². The number of carbonyl (C=O) groups is 2. The summed E-state index contributed by atoms with van der Waals surface area (Å²) < 4.78 is 12.0. The van der Waals surface area contributed by atoms with Gasteiger partial charge in [0.2, 0.25) is 5.78 Å². The molecule has 0 radical (unpaired) electrons. The number of fused-ring (bicyclic) bond motifs is 1. The zero-order valence-electron chi connectivity index (χ0n) is 22.7. The second kappa shape index (κ2) is 9.73. The van der Waals surface area contributed by atoms with Crippen LogP contribution in [0, 0.1) is 6.92 Å². The van der Waals surface area contributed by atoms with Crippen LogP contribution in [0.5, 0.6) is 5.75 Å². The van der Waals surface area contributed by atoms with Crippen molar-refractivity contribution in [2.24, 2.45) is 0 Å². The largest absolute Gasteiger partial charge is 0.494 e. The minimum atomic E-state index is -0.518. The van der Waals surface area contributed by atoms with Gasteiger partial charge in [0.05, 0.1) is 33.2 Å². The number of likely N-dealkylation sites (tertiary alicyclic amines) is 1. The molecule has 2 aromatic heterocycles. The van der Waals surface area contributed by atoms with Crippen LogP contribution < -0.4 is 10.1 Å². The number of likely N-dealkylation sites (N-methyl/N-ethyl adjacent to an activating group) is 1. The Hall–Kier alpha value is -3.82. The molecule has 1 N–H and O–H groups in total. The molecule has 2 aromatic carbocycles. The summed E-state index contributed by atoms with van der Waals surface area (Å²) in [5, 5.41) is 4.32. The van der Waals surface area contributed by atoms with Gasteiger partial charge in [0.25, 0.3) is 11.8 Å². The first-order valence-electron chi connectivity index (χ1n) is 13.4. The van der Waals surface area contributed by atoms with Crippen molar-refractivity contribution >= 4 is 32.8 Å². The molecule has 2 atom stereocenters. The maximum atomic E-state index is 13.7.